The molecule has 2 rings (SSSR count). The van der Waals surface area contributed by atoms with E-state index >= 15 is 0 Å². The van der Waals surface area contributed by atoms with E-state index in [9.17, 15) is 0 Å². The monoisotopic (exact) mass is 228 g/mol. The summed E-state index contributed by atoms with van der Waals surface area (Å²) in [6.07, 6.45) is 8.83. The summed E-state index contributed by atoms with van der Waals surface area (Å²) in [4.78, 5) is 0. The second kappa shape index (κ2) is 5.53. The average Bonchev–Trinajstić information content (AvgIpc) is 2.48. The fourth-order valence-electron chi connectivity index (χ4n) is 2.60. The highest BCUT2D eigenvalue weighted by Gasteiger charge is 2.11. The third-order valence-electron chi connectivity index (χ3n) is 3.64. The second-order valence-electron chi connectivity index (χ2n) is 5.71. The lowest BCUT2D eigenvalue weighted by Crippen LogP contribution is -1.95. The van der Waals surface area contributed by atoms with E-state index in [2.05, 4.69) is 45.0 Å². The predicted molar refractivity (Wildman–Crippen MR) is 76.2 cm³/mol. The lowest BCUT2D eigenvalue weighted by molar-refractivity contribution is 0.598. The fourth-order valence-corrected chi connectivity index (χ4v) is 2.60. The molecule has 1 aliphatic rings. The molecule has 0 nitrogen and oxygen atoms in total. The van der Waals surface area contributed by atoms with Crippen LogP contribution in [0.4, 0.5) is 0 Å². The van der Waals surface area contributed by atoms with Gasteiger partial charge in [-0.15, -0.1) is 0 Å². The molecule has 0 spiro atoms. The maximum Gasteiger partial charge on any atom is -0.0195 e. The van der Waals surface area contributed by atoms with Gasteiger partial charge in [0.1, 0.15) is 0 Å². The van der Waals surface area contributed by atoms with Gasteiger partial charge in [-0.3, -0.25) is 0 Å². The molecule has 0 fully saturated rings. The van der Waals surface area contributed by atoms with Gasteiger partial charge in [-0.25, -0.2) is 0 Å². The van der Waals surface area contributed by atoms with Gasteiger partial charge < -0.3 is 0 Å². The van der Waals surface area contributed by atoms with Gasteiger partial charge in [-0.1, -0.05) is 43.7 Å². The minimum atomic E-state index is 0.799. The van der Waals surface area contributed by atoms with Crippen LogP contribution in [0.25, 0.3) is 5.57 Å². The molecule has 0 atom stereocenters. The van der Waals surface area contributed by atoms with Crippen molar-refractivity contribution in [2.24, 2.45) is 5.92 Å². The average molecular weight is 228 g/mol. The van der Waals surface area contributed by atoms with E-state index in [0.29, 0.717) is 0 Å². The zero-order chi connectivity index (χ0) is 12.3. The highest BCUT2D eigenvalue weighted by molar-refractivity contribution is 5.69. The normalized spacial score (nSPS) is 15.4. The van der Waals surface area contributed by atoms with Crippen molar-refractivity contribution in [3.8, 4) is 0 Å². The van der Waals surface area contributed by atoms with Crippen molar-refractivity contribution in [2.75, 3.05) is 0 Å². The molecular formula is C17H24. The minimum Gasteiger partial charge on any atom is -0.0807 e. The topological polar surface area (TPSA) is 0 Å². The van der Waals surface area contributed by atoms with E-state index in [1.165, 1.54) is 43.2 Å². The lowest BCUT2D eigenvalue weighted by Gasteiger charge is -2.13. The molecule has 92 valence electrons. The van der Waals surface area contributed by atoms with Crippen molar-refractivity contribution >= 4 is 5.57 Å². The first-order chi connectivity index (χ1) is 8.16. The Morgan fingerprint density at radius 1 is 1.24 bits per heavy atom. The molecule has 1 aromatic rings. The van der Waals surface area contributed by atoms with Crippen LogP contribution in [-0.2, 0) is 6.42 Å². The summed E-state index contributed by atoms with van der Waals surface area (Å²) in [6, 6.07) is 6.97. The first-order valence-electron chi connectivity index (χ1n) is 6.96. The summed E-state index contributed by atoms with van der Waals surface area (Å²) in [5.74, 6) is 0.799. The van der Waals surface area contributed by atoms with Crippen LogP contribution in [0.5, 0.6) is 0 Å². The van der Waals surface area contributed by atoms with E-state index in [0.717, 1.165) is 5.92 Å². The maximum absolute atomic E-state index is 2.48. The van der Waals surface area contributed by atoms with E-state index in [-0.39, 0.29) is 0 Å². The highest BCUT2D eigenvalue weighted by atomic mass is 14.2. The van der Waals surface area contributed by atoms with Gasteiger partial charge in [0.25, 0.3) is 0 Å². The SMILES string of the molecule is Cc1ccc2c(c1)CCCC=C2CCC(C)C. The summed E-state index contributed by atoms with van der Waals surface area (Å²) in [5.41, 5.74) is 6.08. The summed E-state index contributed by atoms with van der Waals surface area (Å²) < 4.78 is 0. The standard InChI is InChI=1S/C17H24/c1-13(2)8-10-15-6-4-5-7-16-12-14(3)9-11-17(15)16/h6,9,11-13H,4-5,7-8,10H2,1-3H3. The maximum atomic E-state index is 2.48. The first-order valence-corrected chi connectivity index (χ1v) is 6.96. The number of allylic oxidation sites excluding steroid dienone is 2. The zero-order valence-electron chi connectivity index (χ0n) is 11.4. The van der Waals surface area contributed by atoms with Crippen LogP contribution in [0.15, 0.2) is 24.3 Å². The molecule has 0 bridgehead atoms. The summed E-state index contributed by atoms with van der Waals surface area (Å²) in [5, 5.41) is 0. The van der Waals surface area contributed by atoms with Crippen LogP contribution in [0, 0.1) is 12.8 Å². The summed E-state index contributed by atoms with van der Waals surface area (Å²) in [7, 11) is 0. The molecule has 0 aliphatic heterocycles. The van der Waals surface area contributed by atoms with Crippen molar-refractivity contribution < 1.29 is 0 Å². The van der Waals surface area contributed by atoms with Gasteiger partial charge in [0.15, 0.2) is 0 Å². The molecule has 0 saturated carbocycles. The van der Waals surface area contributed by atoms with E-state index in [1.807, 2.05) is 0 Å². The van der Waals surface area contributed by atoms with Crippen molar-refractivity contribution in [2.45, 2.75) is 52.9 Å². The van der Waals surface area contributed by atoms with Gasteiger partial charge in [0, 0.05) is 0 Å². The van der Waals surface area contributed by atoms with Gasteiger partial charge >= 0.3 is 0 Å². The molecule has 0 heteroatoms. The zero-order valence-corrected chi connectivity index (χ0v) is 11.4. The van der Waals surface area contributed by atoms with Gasteiger partial charge in [-0.05, 0) is 61.6 Å². The molecule has 0 unspecified atom stereocenters. The number of benzene rings is 1. The Morgan fingerprint density at radius 3 is 2.82 bits per heavy atom. The van der Waals surface area contributed by atoms with Crippen LogP contribution in [0.1, 0.15) is 56.2 Å². The predicted octanol–water partition coefficient (Wildman–Crippen LogP) is 5.15. The third kappa shape index (κ3) is 3.21. The number of aryl methyl sites for hydroxylation is 2. The van der Waals surface area contributed by atoms with Crippen molar-refractivity contribution in [3.05, 3.63) is 41.0 Å². The smallest absolute Gasteiger partial charge is 0.0195 e. The van der Waals surface area contributed by atoms with Gasteiger partial charge in [0.2, 0.25) is 0 Å². The van der Waals surface area contributed by atoms with E-state index in [1.54, 1.807) is 11.1 Å². The first kappa shape index (κ1) is 12.4. The molecular weight excluding hydrogens is 204 g/mol. The van der Waals surface area contributed by atoms with Crippen molar-refractivity contribution in [1.82, 2.24) is 0 Å². The van der Waals surface area contributed by atoms with Crippen LogP contribution in [-0.4, -0.2) is 0 Å². The minimum absolute atomic E-state index is 0.799. The summed E-state index contributed by atoms with van der Waals surface area (Å²) in [6.45, 7) is 6.82. The third-order valence-corrected chi connectivity index (χ3v) is 3.64. The Balaban J connectivity index is 2.25. The Kier molecular flexibility index (Phi) is 4.04. The van der Waals surface area contributed by atoms with Crippen molar-refractivity contribution in [1.29, 1.82) is 0 Å². The number of hydrogen-bond acceptors (Lipinski definition) is 0. The van der Waals surface area contributed by atoms with E-state index < -0.39 is 0 Å². The molecule has 1 aromatic carbocycles. The fraction of sp³-hybridized carbons (Fsp3) is 0.529. The molecule has 17 heavy (non-hydrogen) atoms. The van der Waals surface area contributed by atoms with Crippen LogP contribution in [0.3, 0.4) is 0 Å². The quantitative estimate of drug-likeness (QED) is 0.671. The van der Waals surface area contributed by atoms with Crippen LogP contribution < -0.4 is 0 Å². The lowest BCUT2D eigenvalue weighted by atomic mass is 9.92. The number of rotatable bonds is 3. The molecule has 0 saturated heterocycles. The molecule has 0 aromatic heterocycles. The largest absolute Gasteiger partial charge is 0.0807 e. The van der Waals surface area contributed by atoms with Crippen LogP contribution >= 0.6 is 0 Å². The summed E-state index contributed by atoms with van der Waals surface area (Å²) >= 11 is 0. The molecule has 0 amide bonds. The van der Waals surface area contributed by atoms with Crippen LogP contribution in [0.2, 0.25) is 0 Å². The Bertz CT molecular complexity index is 410. The molecule has 0 N–H and O–H groups in total. The number of fused-ring (bicyclic) bond motifs is 1. The van der Waals surface area contributed by atoms with Gasteiger partial charge in [0.05, 0.1) is 0 Å². The highest BCUT2D eigenvalue weighted by Crippen LogP contribution is 2.30. The molecule has 1 aliphatic carbocycles. The number of hydrogen-bond donors (Lipinski definition) is 0. The van der Waals surface area contributed by atoms with Crippen molar-refractivity contribution in [3.63, 3.8) is 0 Å². The van der Waals surface area contributed by atoms with E-state index in [4.69, 9.17) is 0 Å². The Hall–Kier alpha value is -1.04. The van der Waals surface area contributed by atoms with Gasteiger partial charge in [-0.2, -0.15) is 0 Å². The Morgan fingerprint density at radius 2 is 2.06 bits per heavy atom. The molecule has 0 radical (unpaired) electrons. The molecule has 0 heterocycles. The second-order valence-corrected chi connectivity index (χ2v) is 5.71. The Labute approximate surface area is 106 Å².